The fourth-order valence-corrected chi connectivity index (χ4v) is 2.35. The molecule has 1 unspecified atom stereocenters. The van der Waals surface area contributed by atoms with Crippen LogP contribution in [0.2, 0.25) is 0 Å². The molecule has 0 radical (unpaired) electrons. The Bertz CT molecular complexity index is 594. The van der Waals surface area contributed by atoms with E-state index in [0.717, 1.165) is 12.1 Å². The van der Waals surface area contributed by atoms with E-state index in [1.54, 1.807) is 0 Å². The summed E-state index contributed by atoms with van der Waals surface area (Å²) >= 11 is 0. The number of aryl methyl sites for hydroxylation is 2. The molecule has 1 aromatic carbocycles. The smallest absolute Gasteiger partial charge is 0.0705 e. The highest BCUT2D eigenvalue weighted by atomic mass is 14.7. The number of aromatic nitrogens is 1. The van der Waals surface area contributed by atoms with Crippen LogP contribution in [0, 0.1) is 13.8 Å². The molecule has 18 heavy (non-hydrogen) atoms. The third-order valence-electron chi connectivity index (χ3n) is 3.55. The minimum Gasteiger partial charge on any atom is -0.256 e. The number of hydrogen-bond acceptors (Lipinski definition) is 1. The van der Waals surface area contributed by atoms with Crippen LogP contribution in [0.15, 0.2) is 48.7 Å². The molecular formula is C17H17N. The molecule has 0 saturated heterocycles. The van der Waals surface area contributed by atoms with Crippen molar-refractivity contribution >= 4 is 0 Å². The van der Waals surface area contributed by atoms with Gasteiger partial charge < -0.3 is 0 Å². The predicted molar refractivity (Wildman–Crippen MR) is 75.6 cm³/mol. The van der Waals surface area contributed by atoms with Crippen LogP contribution in [-0.2, 0) is 0 Å². The largest absolute Gasteiger partial charge is 0.256 e. The SMILES string of the molecule is Cc1ccc(-c2ccc(C)cc2C2C=CC2)nc1. The molecule has 0 aliphatic heterocycles. The van der Waals surface area contributed by atoms with Crippen LogP contribution in [0.5, 0.6) is 0 Å². The van der Waals surface area contributed by atoms with Gasteiger partial charge in [0, 0.05) is 17.7 Å². The van der Waals surface area contributed by atoms with E-state index in [2.05, 4.69) is 61.3 Å². The van der Waals surface area contributed by atoms with Crippen LogP contribution >= 0.6 is 0 Å². The summed E-state index contributed by atoms with van der Waals surface area (Å²) in [6.45, 7) is 4.22. The zero-order valence-corrected chi connectivity index (χ0v) is 10.9. The summed E-state index contributed by atoms with van der Waals surface area (Å²) in [7, 11) is 0. The molecule has 1 atom stereocenters. The van der Waals surface area contributed by atoms with Crippen LogP contribution in [0.4, 0.5) is 0 Å². The number of allylic oxidation sites excluding steroid dienone is 2. The van der Waals surface area contributed by atoms with E-state index < -0.39 is 0 Å². The van der Waals surface area contributed by atoms with Crippen LogP contribution in [0.1, 0.15) is 29.0 Å². The summed E-state index contributed by atoms with van der Waals surface area (Å²) in [4.78, 5) is 4.56. The monoisotopic (exact) mass is 235 g/mol. The first-order valence-electron chi connectivity index (χ1n) is 6.44. The fraction of sp³-hybridized carbons (Fsp3) is 0.235. The first kappa shape index (κ1) is 11.2. The molecule has 0 bridgehead atoms. The van der Waals surface area contributed by atoms with Crippen molar-refractivity contribution in [2.24, 2.45) is 0 Å². The second-order valence-corrected chi connectivity index (χ2v) is 5.08. The summed E-state index contributed by atoms with van der Waals surface area (Å²) in [6.07, 6.45) is 7.61. The second kappa shape index (κ2) is 4.41. The average Bonchev–Trinajstić information content (AvgIpc) is 2.29. The maximum absolute atomic E-state index is 4.56. The standard InChI is InChI=1S/C17H17N/c1-12-6-8-15(16(10-12)14-4-3-5-14)17-9-7-13(2)11-18-17/h3-4,6-11,14H,5H2,1-2H3. The van der Waals surface area contributed by atoms with Crippen molar-refractivity contribution in [3.05, 3.63) is 65.4 Å². The van der Waals surface area contributed by atoms with E-state index >= 15 is 0 Å². The first-order valence-corrected chi connectivity index (χ1v) is 6.44. The molecule has 1 heterocycles. The molecule has 3 rings (SSSR count). The summed E-state index contributed by atoms with van der Waals surface area (Å²) in [5.41, 5.74) is 6.29. The van der Waals surface area contributed by atoms with Gasteiger partial charge in [-0.15, -0.1) is 0 Å². The first-order chi connectivity index (χ1) is 8.74. The lowest BCUT2D eigenvalue weighted by Gasteiger charge is -2.22. The number of hydrogen-bond donors (Lipinski definition) is 0. The van der Waals surface area contributed by atoms with E-state index in [-0.39, 0.29) is 0 Å². The van der Waals surface area contributed by atoms with Crippen LogP contribution in [0.25, 0.3) is 11.3 Å². The lowest BCUT2D eigenvalue weighted by Crippen LogP contribution is -2.04. The molecule has 1 aliphatic carbocycles. The van der Waals surface area contributed by atoms with E-state index in [4.69, 9.17) is 0 Å². The van der Waals surface area contributed by atoms with E-state index in [1.807, 2.05) is 6.20 Å². The normalized spacial score (nSPS) is 17.6. The van der Waals surface area contributed by atoms with Crippen molar-refractivity contribution in [1.82, 2.24) is 4.98 Å². The minimum absolute atomic E-state index is 0.572. The average molecular weight is 235 g/mol. The van der Waals surface area contributed by atoms with Gasteiger partial charge in [0.25, 0.3) is 0 Å². The zero-order valence-electron chi connectivity index (χ0n) is 10.9. The minimum atomic E-state index is 0.572. The Morgan fingerprint density at radius 2 is 1.83 bits per heavy atom. The molecule has 2 aromatic rings. The molecule has 90 valence electrons. The summed E-state index contributed by atoms with van der Waals surface area (Å²) in [5.74, 6) is 0.572. The summed E-state index contributed by atoms with van der Waals surface area (Å²) < 4.78 is 0. The Morgan fingerprint density at radius 3 is 2.44 bits per heavy atom. The van der Waals surface area contributed by atoms with Gasteiger partial charge in [0.1, 0.15) is 0 Å². The zero-order chi connectivity index (χ0) is 12.5. The number of pyridine rings is 1. The topological polar surface area (TPSA) is 12.9 Å². The van der Waals surface area contributed by atoms with Gasteiger partial charge in [-0.2, -0.15) is 0 Å². The predicted octanol–water partition coefficient (Wildman–Crippen LogP) is 4.41. The Morgan fingerprint density at radius 1 is 1.06 bits per heavy atom. The van der Waals surface area contributed by atoms with Crippen molar-refractivity contribution < 1.29 is 0 Å². The third-order valence-corrected chi connectivity index (χ3v) is 3.55. The fourth-order valence-electron chi connectivity index (χ4n) is 2.35. The van der Waals surface area contributed by atoms with Gasteiger partial charge in [-0.05, 0) is 37.5 Å². The lowest BCUT2D eigenvalue weighted by molar-refractivity contribution is 0.794. The van der Waals surface area contributed by atoms with Gasteiger partial charge >= 0.3 is 0 Å². The van der Waals surface area contributed by atoms with Crippen molar-refractivity contribution in [1.29, 1.82) is 0 Å². The van der Waals surface area contributed by atoms with Gasteiger partial charge in [-0.1, -0.05) is 42.0 Å². The Hall–Kier alpha value is -1.89. The lowest BCUT2D eigenvalue weighted by atomic mass is 9.83. The van der Waals surface area contributed by atoms with E-state index in [1.165, 1.54) is 22.3 Å². The van der Waals surface area contributed by atoms with Crippen LogP contribution in [-0.4, -0.2) is 4.98 Å². The molecule has 1 aromatic heterocycles. The second-order valence-electron chi connectivity index (χ2n) is 5.08. The molecule has 1 heteroatoms. The van der Waals surface area contributed by atoms with Crippen molar-refractivity contribution in [2.45, 2.75) is 26.2 Å². The van der Waals surface area contributed by atoms with Gasteiger partial charge in [-0.25, -0.2) is 0 Å². The Labute approximate surface area is 108 Å². The summed E-state index contributed by atoms with van der Waals surface area (Å²) in [6, 6.07) is 10.9. The molecule has 1 aliphatic rings. The quantitative estimate of drug-likeness (QED) is 0.703. The van der Waals surface area contributed by atoms with Gasteiger partial charge in [0.2, 0.25) is 0 Å². The maximum atomic E-state index is 4.56. The number of nitrogens with zero attached hydrogens (tertiary/aromatic N) is 1. The van der Waals surface area contributed by atoms with Crippen LogP contribution in [0.3, 0.4) is 0 Å². The van der Waals surface area contributed by atoms with Crippen LogP contribution < -0.4 is 0 Å². The summed E-state index contributed by atoms with van der Waals surface area (Å²) in [5, 5.41) is 0. The number of rotatable bonds is 2. The maximum Gasteiger partial charge on any atom is 0.0705 e. The van der Waals surface area contributed by atoms with Crippen molar-refractivity contribution in [3.8, 4) is 11.3 Å². The Balaban J connectivity index is 2.10. The van der Waals surface area contributed by atoms with Gasteiger partial charge in [0.15, 0.2) is 0 Å². The van der Waals surface area contributed by atoms with Crippen molar-refractivity contribution in [3.63, 3.8) is 0 Å². The molecular weight excluding hydrogens is 218 g/mol. The molecule has 0 amide bonds. The highest BCUT2D eigenvalue weighted by Gasteiger charge is 2.17. The van der Waals surface area contributed by atoms with Gasteiger partial charge in [0.05, 0.1) is 5.69 Å². The number of benzene rings is 1. The highest BCUT2D eigenvalue weighted by Crippen LogP contribution is 2.36. The van der Waals surface area contributed by atoms with E-state index in [0.29, 0.717) is 5.92 Å². The van der Waals surface area contributed by atoms with Gasteiger partial charge in [-0.3, -0.25) is 4.98 Å². The molecule has 0 N–H and O–H groups in total. The third kappa shape index (κ3) is 1.97. The molecule has 1 nitrogen and oxygen atoms in total. The van der Waals surface area contributed by atoms with E-state index in [9.17, 15) is 0 Å². The molecule has 0 saturated carbocycles. The van der Waals surface area contributed by atoms with Crippen molar-refractivity contribution in [2.75, 3.05) is 0 Å². The molecule has 0 spiro atoms. The molecule has 0 fully saturated rings. The highest BCUT2D eigenvalue weighted by molar-refractivity contribution is 5.66. The Kier molecular flexibility index (Phi) is 2.75.